The van der Waals surface area contributed by atoms with Gasteiger partial charge in [-0.2, -0.15) is 0 Å². The Balaban J connectivity index is 2.96. The van der Waals surface area contributed by atoms with E-state index in [2.05, 4.69) is 0 Å². The van der Waals surface area contributed by atoms with Gasteiger partial charge in [0, 0.05) is 0 Å². The maximum Gasteiger partial charge on any atom is 0.0676 e. The highest BCUT2D eigenvalue weighted by Crippen LogP contribution is 2.22. The van der Waals surface area contributed by atoms with Crippen LogP contribution in [0.3, 0.4) is 0 Å². The molecule has 0 aliphatic carbocycles. The van der Waals surface area contributed by atoms with E-state index in [1.54, 1.807) is 0 Å². The molecule has 2 heteroatoms. The SMILES string of the molecule is Cc1cccc(N([O])C(C)(C)C)c1. The summed E-state index contributed by atoms with van der Waals surface area (Å²) in [7, 11) is 0. The summed E-state index contributed by atoms with van der Waals surface area (Å²) >= 11 is 0. The van der Waals surface area contributed by atoms with Gasteiger partial charge >= 0.3 is 0 Å². The lowest BCUT2D eigenvalue weighted by molar-refractivity contribution is 0.102. The van der Waals surface area contributed by atoms with Gasteiger partial charge in [-0.25, -0.2) is 5.06 Å². The smallest absolute Gasteiger partial charge is 0.0676 e. The third kappa shape index (κ3) is 2.46. The minimum atomic E-state index is -0.367. The number of aryl methyl sites for hydroxylation is 1. The fourth-order valence-electron chi connectivity index (χ4n) is 1.14. The van der Waals surface area contributed by atoms with Crippen LogP contribution in [0.2, 0.25) is 0 Å². The number of hydroxylamine groups is 1. The van der Waals surface area contributed by atoms with Crippen LogP contribution in [0.5, 0.6) is 0 Å². The maximum atomic E-state index is 11.7. The highest BCUT2D eigenvalue weighted by molar-refractivity contribution is 5.47. The molecular weight excluding hydrogens is 162 g/mol. The Morgan fingerprint density at radius 1 is 1.23 bits per heavy atom. The molecule has 0 atom stereocenters. The van der Waals surface area contributed by atoms with Crippen LogP contribution in [0.15, 0.2) is 24.3 Å². The number of hydrogen-bond acceptors (Lipinski definition) is 1. The Kier molecular flexibility index (Phi) is 2.62. The normalized spacial score (nSPS) is 11.5. The number of hydrogen-bond donors (Lipinski definition) is 0. The molecule has 2 nitrogen and oxygen atoms in total. The van der Waals surface area contributed by atoms with Gasteiger partial charge in [0.05, 0.1) is 11.2 Å². The van der Waals surface area contributed by atoms with Crippen LogP contribution >= 0.6 is 0 Å². The van der Waals surface area contributed by atoms with Crippen molar-refractivity contribution in [3.8, 4) is 0 Å². The van der Waals surface area contributed by atoms with Gasteiger partial charge in [0.25, 0.3) is 0 Å². The first kappa shape index (κ1) is 10.1. The second-order valence-electron chi connectivity index (χ2n) is 4.30. The van der Waals surface area contributed by atoms with Crippen molar-refractivity contribution in [3.63, 3.8) is 0 Å². The highest BCUT2D eigenvalue weighted by Gasteiger charge is 2.21. The molecule has 0 saturated carbocycles. The quantitative estimate of drug-likeness (QED) is 0.606. The summed E-state index contributed by atoms with van der Waals surface area (Å²) in [5, 5.41) is 12.8. The molecule has 0 spiro atoms. The maximum absolute atomic E-state index is 11.7. The van der Waals surface area contributed by atoms with Gasteiger partial charge < -0.3 is 0 Å². The van der Waals surface area contributed by atoms with E-state index in [0.717, 1.165) is 16.3 Å². The second-order valence-corrected chi connectivity index (χ2v) is 4.30. The van der Waals surface area contributed by atoms with Crippen LogP contribution in [-0.4, -0.2) is 5.54 Å². The lowest BCUT2D eigenvalue weighted by Gasteiger charge is -2.28. The summed E-state index contributed by atoms with van der Waals surface area (Å²) < 4.78 is 0. The van der Waals surface area contributed by atoms with E-state index in [-0.39, 0.29) is 5.54 Å². The van der Waals surface area contributed by atoms with Crippen LogP contribution in [0, 0.1) is 6.92 Å². The molecule has 71 valence electrons. The zero-order valence-electron chi connectivity index (χ0n) is 8.66. The van der Waals surface area contributed by atoms with Gasteiger partial charge in [0.2, 0.25) is 0 Å². The summed E-state index contributed by atoms with van der Waals surface area (Å²) in [4.78, 5) is 0. The molecule has 1 radical (unpaired) electrons. The van der Waals surface area contributed by atoms with Crippen molar-refractivity contribution in [2.75, 3.05) is 5.06 Å². The van der Waals surface area contributed by atoms with E-state index in [4.69, 9.17) is 0 Å². The zero-order valence-corrected chi connectivity index (χ0v) is 8.66. The monoisotopic (exact) mass is 178 g/mol. The predicted molar refractivity (Wildman–Crippen MR) is 54.1 cm³/mol. The van der Waals surface area contributed by atoms with Crippen LogP contribution in [0.4, 0.5) is 5.69 Å². The zero-order chi connectivity index (χ0) is 10.1. The van der Waals surface area contributed by atoms with Crippen molar-refractivity contribution < 1.29 is 5.21 Å². The third-order valence-corrected chi connectivity index (χ3v) is 1.85. The lowest BCUT2D eigenvalue weighted by Crippen LogP contribution is -2.37. The molecule has 0 saturated heterocycles. The highest BCUT2D eigenvalue weighted by atomic mass is 16.5. The van der Waals surface area contributed by atoms with E-state index in [9.17, 15) is 5.21 Å². The molecule has 0 fully saturated rings. The van der Waals surface area contributed by atoms with Crippen molar-refractivity contribution in [3.05, 3.63) is 29.8 Å². The molecule has 0 N–H and O–H groups in total. The molecule has 0 aliphatic rings. The average Bonchev–Trinajstić information content (AvgIpc) is 2.01. The van der Waals surface area contributed by atoms with Crippen LogP contribution in [-0.2, 0) is 5.21 Å². The third-order valence-electron chi connectivity index (χ3n) is 1.85. The molecule has 1 rings (SSSR count). The Bertz CT molecular complexity index is 288. The molecular formula is C11H16NO. The molecule has 0 aliphatic heterocycles. The van der Waals surface area contributed by atoms with Gasteiger partial charge in [-0.15, -0.1) is 0 Å². The molecule has 0 amide bonds. The summed E-state index contributed by atoms with van der Waals surface area (Å²) in [6.07, 6.45) is 0. The van der Waals surface area contributed by atoms with E-state index in [0.29, 0.717) is 0 Å². The van der Waals surface area contributed by atoms with Crippen molar-refractivity contribution in [2.45, 2.75) is 33.2 Å². The summed E-state index contributed by atoms with van der Waals surface area (Å²) in [5.74, 6) is 0. The van der Waals surface area contributed by atoms with Gasteiger partial charge in [-0.3, -0.25) is 0 Å². The first-order chi connectivity index (χ1) is 5.91. The van der Waals surface area contributed by atoms with Gasteiger partial charge in [0.15, 0.2) is 0 Å². The molecule has 13 heavy (non-hydrogen) atoms. The standard InChI is InChI=1S/C11H16NO/c1-9-6-5-7-10(8-9)12(13)11(2,3)4/h5-8H,1-4H3. The largest absolute Gasteiger partial charge is 0.215 e. The Hall–Kier alpha value is -1.02. The van der Waals surface area contributed by atoms with E-state index in [1.807, 2.05) is 52.0 Å². The first-order valence-corrected chi connectivity index (χ1v) is 4.45. The minimum Gasteiger partial charge on any atom is -0.215 e. The Labute approximate surface area is 79.8 Å². The molecule has 1 aromatic rings. The minimum absolute atomic E-state index is 0.367. The van der Waals surface area contributed by atoms with E-state index in [1.165, 1.54) is 0 Å². The van der Waals surface area contributed by atoms with Crippen molar-refractivity contribution >= 4 is 5.69 Å². The molecule has 0 unspecified atom stereocenters. The van der Waals surface area contributed by atoms with Crippen molar-refractivity contribution in [2.24, 2.45) is 0 Å². The second kappa shape index (κ2) is 3.38. The first-order valence-electron chi connectivity index (χ1n) is 4.45. The fourth-order valence-corrected chi connectivity index (χ4v) is 1.14. The Morgan fingerprint density at radius 3 is 2.31 bits per heavy atom. The van der Waals surface area contributed by atoms with Gasteiger partial charge in [-0.1, -0.05) is 17.3 Å². The van der Waals surface area contributed by atoms with Gasteiger partial charge in [0.1, 0.15) is 0 Å². The molecule has 0 aromatic heterocycles. The van der Waals surface area contributed by atoms with Crippen LogP contribution < -0.4 is 5.06 Å². The summed E-state index contributed by atoms with van der Waals surface area (Å²) in [6.45, 7) is 7.70. The fraction of sp³-hybridized carbons (Fsp3) is 0.455. The van der Waals surface area contributed by atoms with E-state index >= 15 is 0 Å². The molecule has 0 bridgehead atoms. The Morgan fingerprint density at radius 2 is 1.85 bits per heavy atom. The lowest BCUT2D eigenvalue weighted by atomic mass is 10.1. The number of rotatable bonds is 1. The summed E-state index contributed by atoms with van der Waals surface area (Å²) in [5.41, 5.74) is 1.48. The number of anilines is 1. The summed E-state index contributed by atoms with van der Waals surface area (Å²) in [6, 6.07) is 7.63. The van der Waals surface area contributed by atoms with Crippen molar-refractivity contribution in [1.29, 1.82) is 0 Å². The number of nitrogens with zero attached hydrogens (tertiary/aromatic N) is 1. The van der Waals surface area contributed by atoms with Crippen LogP contribution in [0.25, 0.3) is 0 Å². The van der Waals surface area contributed by atoms with E-state index < -0.39 is 0 Å². The molecule has 1 aromatic carbocycles. The van der Waals surface area contributed by atoms with Crippen LogP contribution in [0.1, 0.15) is 26.3 Å². The predicted octanol–water partition coefficient (Wildman–Crippen LogP) is 2.95. The number of benzene rings is 1. The average molecular weight is 178 g/mol. The van der Waals surface area contributed by atoms with Gasteiger partial charge in [-0.05, 0) is 45.4 Å². The topological polar surface area (TPSA) is 23.1 Å². The molecule has 0 heterocycles. The van der Waals surface area contributed by atoms with Crippen molar-refractivity contribution in [1.82, 2.24) is 0 Å².